The number of benzene rings is 1. The fourth-order valence-electron chi connectivity index (χ4n) is 3.28. The van der Waals surface area contributed by atoms with Gasteiger partial charge in [-0.25, -0.2) is 0 Å². The normalized spacial score (nSPS) is 15.4. The first-order valence-corrected chi connectivity index (χ1v) is 8.96. The van der Waals surface area contributed by atoms with Crippen molar-refractivity contribution in [2.24, 2.45) is 5.41 Å². The van der Waals surface area contributed by atoms with E-state index in [1.807, 2.05) is 6.92 Å². The molecule has 1 aromatic rings. The molecule has 3 N–H and O–H groups in total. The van der Waals surface area contributed by atoms with Gasteiger partial charge in [-0.15, -0.1) is 0 Å². The van der Waals surface area contributed by atoms with Crippen LogP contribution in [0, 0.1) is 5.41 Å². The van der Waals surface area contributed by atoms with Crippen molar-refractivity contribution in [1.82, 2.24) is 5.32 Å². The molecule has 26 heavy (non-hydrogen) atoms. The average molecular weight is 362 g/mol. The molecule has 1 aromatic carbocycles. The molecule has 1 fully saturated rings. The van der Waals surface area contributed by atoms with Gasteiger partial charge in [0.25, 0.3) is 5.91 Å². The fourth-order valence-corrected chi connectivity index (χ4v) is 3.28. The minimum atomic E-state index is -1.10. The number of amides is 2. The second kappa shape index (κ2) is 9.33. The maximum atomic E-state index is 12.8. The molecule has 0 bridgehead atoms. The van der Waals surface area contributed by atoms with Gasteiger partial charge in [-0.1, -0.05) is 12.8 Å². The summed E-state index contributed by atoms with van der Waals surface area (Å²) in [5.74, 6) is -1.57. The molecule has 0 atom stereocenters. The number of aliphatic carboxylic acids is 1. The third kappa shape index (κ3) is 5.29. The van der Waals surface area contributed by atoms with Crippen molar-refractivity contribution in [2.75, 3.05) is 25.1 Å². The van der Waals surface area contributed by atoms with Gasteiger partial charge in [0.15, 0.2) is 0 Å². The summed E-state index contributed by atoms with van der Waals surface area (Å²) >= 11 is 0. The Morgan fingerprint density at radius 1 is 1.15 bits per heavy atom. The van der Waals surface area contributed by atoms with Crippen LogP contribution < -0.4 is 10.6 Å². The van der Waals surface area contributed by atoms with Crippen LogP contribution in [0.15, 0.2) is 24.3 Å². The molecule has 0 unspecified atom stereocenters. The Hall–Kier alpha value is -2.41. The van der Waals surface area contributed by atoms with Gasteiger partial charge in [0.05, 0.1) is 5.41 Å². The van der Waals surface area contributed by atoms with Gasteiger partial charge in [0.2, 0.25) is 5.91 Å². The molecule has 0 aromatic heterocycles. The highest BCUT2D eigenvalue weighted by atomic mass is 16.5. The Balaban J connectivity index is 1.97. The summed E-state index contributed by atoms with van der Waals surface area (Å²) in [4.78, 5) is 35.1. The molecule has 1 aliphatic rings. The lowest BCUT2D eigenvalue weighted by Crippen LogP contribution is -2.35. The van der Waals surface area contributed by atoms with E-state index in [9.17, 15) is 14.4 Å². The van der Waals surface area contributed by atoms with E-state index in [4.69, 9.17) is 9.84 Å². The van der Waals surface area contributed by atoms with Crippen molar-refractivity contribution in [3.8, 4) is 0 Å². The number of hydrogen-bond acceptors (Lipinski definition) is 4. The molecular formula is C19H26N2O5. The standard InChI is InChI=1S/C19H26N2O5/c1-2-26-12-11-19(9-3-4-10-19)18(25)21-15-7-5-14(6-8-15)17(24)20-13-16(22)23/h5-8H,2-4,9-13H2,1H3,(H,20,24)(H,21,25)(H,22,23). The lowest BCUT2D eigenvalue weighted by atomic mass is 9.82. The molecule has 1 saturated carbocycles. The van der Waals surface area contributed by atoms with Gasteiger partial charge in [-0.3, -0.25) is 14.4 Å². The van der Waals surface area contributed by atoms with Crippen molar-refractivity contribution in [1.29, 1.82) is 0 Å². The smallest absolute Gasteiger partial charge is 0.322 e. The van der Waals surface area contributed by atoms with Crippen molar-refractivity contribution in [2.45, 2.75) is 39.0 Å². The number of ether oxygens (including phenoxy) is 1. The summed E-state index contributed by atoms with van der Waals surface area (Å²) in [5, 5.41) is 13.8. The van der Waals surface area contributed by atoms with E-state index in [-0.39, 0.29) is 11.3 Å². The van der Waals surface area contributed by atoms with E-state index >= 15 is 0 Å². The summed E-state index contributed by atoms with van der Waals surface area (Å²) in [5.41, 5.74) is 0.579. The quantitative estimate of drug-likeness (QED) is 0.585. The van der Waals surface area contributed by atoms with Crippen LogP contribution in [0.3, 0.4) is 0 Å². The number of rotatable bonds is 9. The molecule has 2 rings (SSSR count). The molecule has 0 aliphatic heterocycles. The Labute approximate surface area is 153 Å². The van der Waals surface area contributed by atoms with Crippen LogP contribution in [0.25, 0.3) is 0 Å². The van der Waals surface area contributed by atoms with Gasteiger partial charge >= 0.3 is 5.97 Å². The van der Waals surface area contributed by atoms with Crippen molar-refractivity contribution in [3.63, 3.8) is 0 Å². The zero-order valence-electron chi connectivity index (χ0n) is 15.0. The monoisotopic (exact) mass is 362 g/mol. The second-order valence-corrected chi connectivity index (χ2v) is 6.54. The van der Waals surface area contributed by atoms with Crippen LogP contribution in [-0.4, -0.2) is 42.6 Å². The maximum absolute atomic E-state index is 12.8. The number of carboxylic acid groups (broad SMARTS) is 1. The Bertz CT molecular complexity index is 636. The lowest BCUT2D eigenvalue weighted by Gasteiger charge is -2.27. The van der Waals surface area contributed by atoms with Crippen LogP contribution in [0.5, 0.6) is 0 Å². The number of carboxylic acids is 1. The molecule has 1 aliphatic carbocycles. The van der Waals surface area contributed by atoms with Crippen LogP contribution >= 0.6 is 0 Å². The Morgan fingerprint density at radius 2 is 1.81 bits per heavy atom. The topological polar surface area (TPSA) is 105 Å². The third-order valence-corrected chi connectivity index (χ3v) is 4.78. The number of anilines is 1. The van der Waals surface area contributed by atoms with Crippen LogP contribution in [0.2, 0.25) is 0 Å². The summed E-state index contributed by atoms with van der Waals surface area (Å²) in [6, 6.07) is 6.43. The largest absolute Gasteiger partial charge is 0.480 e. The molecule has 7 nitrogen and oxygen atoms in total. The number of carbonyl (C=O) groups is 3. The summed E-state index contributed by atoms with van der Waals surface area (Å²) in [6.07, 6.45) is 4.52. The molecule has 2 amide bonds. The average Bonchev–Trinajstić information content (AvgIpc) is 3.10. The highest BCUT2D eigenvalue weighted by Crippen LogP contribution is 2.42. The van der Waals surface area contributed by atoms with Crippen molar-refractivity contribution >= 4 is 23.5 Å². The van der Waals surface area contributed by atoms with E-state index < -0.39 is 18.4 Å². The molecule has 7 heteroatoms. The van der Waals surface area contributed by atoms with E-state index in [0.717, 1.165) is 25.7 Å². The van der Waals surface area contributed by atoms with Crippen LogP contribution in [0.4, 0.5) is 5.69 Å². The van der Waals surface area contributed by atoms with Crippen LogP contribution in [-0.2, 0) is 14.3 Å². The first-order chi connectivity index (χ1) is 12.5. The number of carbonyl (C=O) groups excluding carboxylic acids is 2. The molecular weight excluding hydrogens is 336 g/mol. The highest BCUT2D eigenvalue weighted by Gasteiger charge is 2.40. The molecule has 0 radical (unpaired) electrons. The lowest BCUT2D eigenvalue weighted by molar-refractivity contribution is -0.135. The van der Waals surface area contributed by atoms with E-state index in [2.05, 4.69) is 10.6 Å². The van der Waals surface area contributed by atoms with Gasteiger partial charge in [0.1, 0.15) is 6.54 Å². The summed E-state index contributed by atoms with van der Waals surface area (Å²) in [7, 11) is 0. The fraction of sp³-hybridized carbons (Fsp3) is 0.526. The maximum Gasteiger partial charge on any atom is 0.322 e. The first kappa shape index (κ1) is 19.9. The van der Waals surface area contributed by atoms with Gasteiger partial charge in [-0.05, 0) is 50.5 Å². The Morgan fingerprint density at radius 3 is 2.38 bits per heavy atom. The zero-order chi connectivity index (χ0) is 19.0. The predicted octanol–water partition coefficient (Wildman–Crippen LogP) is 2.43. The van der Waals surface area contributed by atoms with Gasteiger partial charge in [0, 0.05) is 24.5 Å². The molecule has 0 heterocycles. The van der Waals surface area contributed by atoms with Crippen molar-refractivity contribution < 1.29 is 24.2 Å². The van der Waals surface area contributed by atoms with Crippen molar-refractivity contribution in [3.05, 3.63) is 29.8 Å². The van der Waals surface area contributed by atoms with Gasteiger partial charge in [-0.2, -0.15) is 0 Å². The molecule has 0 saturated heterocycles. The van der Waals surface area contributed by atoms with E-state index in [1.54, 1.807) is 24.3 Å². The summed E-state index contributed by atoms with van der Waals surface area (Å²) in [6.45, 7) is 2.73. The van der Waals surface area contributed by atoms with Gasteiger partial charge < -0.3 is 20.5 Å². The SMILES string of the molecule is CCOCCC1(C(=O)Nc2ccc(C(=O)NCC(=O)O)cc2)CCCC1. The highest BCUT2D eigenvalue weighted by molar-refractivity contribution is 5.98. The third-order valence-electron chi connectivity index (χ3n) is 4.78. The van der Waals surface area contributed by atoms with E-state index in [0.29, 0.717) is 30.9 Å². The first-order valence-electron chi connectivity index (χ1n) is 8.96. The minimum absolute atomic E-state index is 0.00205. The molecule has 0 spiro atoms. The zero-order valence-corrected chi connectivity index (χ0v) is 15.0. The predicted molar refractivity (Wildman–Crippen MR) is 97.1 cm³/mol. The summed E-state index contributed by atoms with van der Waals surface area (Å²) < 4.78 is 5.44. The Kier molecular flexibility index (Phi) is 7.15. The minimum Gasteiger partial charge on any atom is -0.480 e. The second-order valence-electron chi connectivity index (χ2n) is 6.54. The van der Waals surface area contributed by atoms with E-state index in [1.165, 1.54) is 0 Å². The number of nitrogens with one attached hydrogen (secondary N) is 2. The molecule has 142 valence electrons. The number of hydrogen-bond donors (Lipinski definition) is 3. The van der Waals surface area contributed by atoms with Crippen LogP contribution in [0.1, 0.15) is 49.4 Å².